The van der Waals surface area contributed by atoms with Crippen LogP contribution in [0.4, 0.5) is 0 Å². The fourth-order valence-electron chi connectivity index (χ4n) is 3.46. The van der Waals surface area contributed by atoms with Gasteiger partial charge in [0.2, 0.25) is 6.04 Å². The molecule has 0 aromatic carbocycles. The Morgan fingerprint density at radius 3 is 2.33 bits per heavy atom. The van der Waals surface area contributed by atoms with E-state index in [0.717, 1.165) is 25.7 Å². The first-order valence-corrected chi connectivity index (χ1v) is 9.39. The van der Waals surface area contributed by atoms with Crippen LogP contribution >= 0.6 is 0 Å². The van der Waals surface area contributed by atoms with Crippen LogP contribution in [0.15, 0.2) is 0 Å². The van der Waals surface area contributed by atoms with E-state index in [2.05, 4.69) is 6.92 Å². The van der Waals surface area contributed by atoms with Gasteiger partial charge in [-0.05, 0) is 44.4 Å². The molecule has 0 aliphatic heterocycles. The molecule has 2 atom stereocenters. The SMILES string of the molecule is CC1CCC(S(=O)(=O)OCC2CCCCC2[N+](=O)[O-])CC1. The average molecular weight is 319 g/mol. The Hall–Kier alpha value is -0.690. The predicted molar refractivity (Wildman–Crippen MR) is 79.0 cm³/mol. The quantitative estimate of drug-likeness (QED) is 0.442. The zero-order chi connectivity index (χ0) is 15.5. The van der Waals surface area contributed by atoms with Crippen molar-refractivity contribution in [2.45, 2.75) is 69.6 Å². The number of nitro groups is 1. The zero-order valence-corrected chi connectivity index (χ0v) is 13.4. The van der Waals surface area contributed by atoms with Gasteiger partial charge in [-0.15, -0.1) is 0 Å². The number of rotatable bonds is 5. The predicted octanol–water partition coefficient (Wildman–Crippen LogP) is 2.75. The third-order valence-corrected chi connectivity index (χ3v) is 6.71. The first-order chi connectivity index (χ1) is 9.90. The number of hydrogen-bond acceptors (Lipinski definition) is 5. The van der Waals surface area contributed by atoms with Gasteiger partial charge in [0, 0.05) is 11.3 Å². The first kappa shape index (κ1) is 16.7. The van der Waals surface area contributed by atoms with Gasteiger partial charge in [0.05, 0.1) is 17.8 Å². The van der Waals surface area contributed by atoms with E-state index in [4.69, 9.17) is 4.18 Å². The standard InChI is InChI=1S/C14H25NO5S/c1-11-6-8-13(9-7-11)21(18,19)20-10-12-4-2-3-5-14(12)15(16)17/h11-14H,2-10H2,1H3. The summed E-state index contributed by atoms with van der Waals surface area (Å²) in [5.41, 5.74) is 0. The summed E-state index contributed by atoms with van der Waals surface area (Å²) in [6, 6.07) is -0.652. The Labute approximate surface area is 126 Å². The van der Waals surface area contributed by atoms with Gasteiger partial charge in [0.25, 0.3) is 10.1 Å². The van der Waals surface area contributed by atoms with E-state index in [0.29, 0.717) is 31.6 Å². The van der Waals surface area contributed by atoms with Gasteiger partial charge in [0.15, 0.2) is 0 Å². The van der Waals surface area contributed by atoms with E-state index < -0.39 is 21.4 Å². The number of nitrogens with zero attached hydrogens (tertiary/aromatic N) is 1. The molecule has 2 saturated carbocycles. The van der Waals surface area contributed by atoms with E-state index in [1.165, 1.54) is 0 Å². The molecule has 0 bridgehead atoms. The zero-order valence-electron chi connectivity index (χ0n) is 12.6. The molecule has 0 saturated heterocycles. The maximum Gasteiger partial charge on any atom is 0.270 e. The van der Waals surface area contributed by atoms with Gasteiger partial charge >= 0.3 is 0 Å². The minimum Gasteiger partial charge on any atom is -0.269 e. The molecule has 6 nitrogen and oxygen atoms in total. The molecule has 2 aliphatic carbocycles. The molecule has 2 rings (SSSR count). The van der Waals surface area contributed by atoms with Gasteiger partial charge in [-0.25, -0.2) is 0 Å². The van der Waals surface area contributed by atoms with Gasteiger partial charge in [-0.3, -0.25) is 14.3 Å². The van der Waals surface area contributed by atoms with Crippen molar-refractivity contribution in [2.24, 2.45) is 11.8 Å². The average Bonchev–Trinajstić information content (AvgIpc) is 2.46. The summed E-state index contributed by atoms with van der Waals surface area (Å²) in [4.78, 5) is 10.8. The smallest absolute Gasteiger partial charge is 0.269 e. The van der Waals surface area contributed by atoms with Crippen LogP contribution in [0.5, 0.6) is 0 Å². The number of hydrogen-bond donors (Lipinski definition) is 0. The second kappa shape index (κ2) is 7.05. The monoisotopic (exact) mass is 319 g/mol. The van der Waals surface area contributed by atoms with E-state index >= 15 is 0 Å². The van der Waals surface area contributed by atoms with Crippen molar-refractivity contribution in [3.8, 4) is 0 Å². The minimum atomic E-state index is -3.58. The summed E-state index contributed by atoms with van der Waals surface area (Å²) in [5.74, 6) is 0.305. The normalized spacial score (nSPS) is 34.5. The Balaban J connectivity index is 1.89. The lowest BCUT2D eigenvalue weighted by molar-refractivity contribution is -0.536. The maximum atomic E-state index is 12.2. The Kier molecular flexibility index (Phi) is 5.60. The van der Waals surface area contributed by atoms with Crippen LogP contribution in [0.2, 0.25) is 0 Å². The molecule has 2 aliphatic rings. The molecule has 122 valence electrons. The molecular weight excluding hydrogens is 294 g/mol. The Bertz CT molecular complexity index is 456. The molecule has 0 amide bonds. The summed E-state index contributed by atoms with van der Waals surface area (Å²) in [7, 11) is -3.58. The van der Waals surface area contributed by atoms with Crippen LogP contribution in [0.3, 0.4) is 0 Å². The van der Waals surface area contributed by atoms with Gasteiger partial charge in [-0.1, -0.05) is 13.3 Å². The fraction of sp³-hybridized carbons (Fsp3) is 1.00. The second-order valence-corrected chi connectivity index (χ2v) is 8.44. The minimum absolute atomic E-state index is 0.0277. The van der Waals surface area contributed by atoms with Crippen LogP contribution in [0, 0.1) is 22.0 Å². The lowest BCUT2D eigenvalue weighted by atomic mass is 9.85. The van der Waals surface area contributed by atoms with Crippen LogP contribution in [-0.4, -0.2) is 31.2 Å². The van der Waals surface area contributed by atoms with Crippen molar-refractivity contribution >= 4 is 10.1 Å². The molecular formula is C14H25NO5S. The highest BCUT2D eigenvalue weighted by molar-refractivity contribution is 7.87. The van der Waals surface area contributed by atoms with Gasteiger partial charge in [0.1, 0.15) is 0 Å². The van der Waals surface area contributed by atoms with Crippen LogP contribution in [0.25, 0.3) is 0 Å². The fourth-order valence-corrected chi connectivity index (χ4v) is 4.86. The van der Waals surface area contributed by atoms with E-state index in [-0.39, 0.29) is 17.4 Å². The molecule has 0 aromatic heterocycles. The van der Waals surface area contributed by atoms with E-state index in [1.54, 1.807) is 0 Å². The molecule has 0 spiro atoms. The lowest BCUT2D eigenvalue weighted by Crippen LogP contribution is -2.37. The van der Waals surface area contributed by atoms with Crippen LogP contribution < -0.4 is 0 Å². The highest BCUT2D eigenvalue weighted by atomic mass is 32.2. The second-order valence-electron chi connectivity index (χ2n) is 6.56. The third-order valence-electron chi connectivity index (χ3n) is 4.96. The molecule has 0 radical (unpaired) electrons. The molecule has 0 N–H and O–H groups in total. The van der Waals surface area contributed by atoms with Crippen molar-refractivity contribution in [1.29, 1.82) is 0 Å². The maximum absolute atomic E-state index is 12.2. The van der Waals surface area contributed by atoms with E-state index in [9.17, 15) is 18.5 Å². The van der Waals surface area contributed by atoms with Crippen molar-refractivity contribution in [3.05, 3.63) is 10.1 Å². The molecule has 7 heteroatoms. The summed E-state index contributed by atoms with van der Waals surface area (Å²) >= 11 is 0. The van der Waals surface area contributed by atoms with Crippen LogP contribution in [0.1, 0.15) is 58.3 Å². The van der Waals surface area contributed by atoms with Gasteiger partial charge < -0.3 is 0 Å². The van der Waals surface area contributed by atoms with Crippen molar-refractivity contribution in [1.82, 2.24) is 0 Å². The molecule has 21 heavy (non-hydrogen) atoms. The van der Waals surface area contributed by atoms with Crippen molar-refractivity contribution in [2.75, 3.05) is 6.61 Å². The van der Waals surface area contributed by atoms with E-state index in [1.807, 2.05) is 0 Å². The molecule has 2 unspecified atom stereocenters. The van der Waals surface area contributed by atoms with Crippen molar-refractivity contribution < 1.29 is 17.5 Å². The topological polar surface area (TPSA) is 86.5 Å². The molecule has 0 heterocycles. The lowest BCUT2D eigenvalue weighted by Gasteiger charge is -2.28. The third kappa shape index (κ3) is 4.39. The Morgan fingerprint density at radius 2 is 1.71 bits per heavy atom. The summed E-state index contributed by atoms with van der Waals surface area (Å²) in [6.45, 7) is 2.10. The summed E-state index contributed by atoms with van der Waals surface area (Å²) in [6.07, 6.45) is 6.09. The summed E-state index contributed by atoms with van der Waals surface area (Å²) in [5, 5.41) is 10.6. The first-order valence-electron chi connectivity index (χ1n) is 7.92. The summed E-state index contributed by atoms with van der Waals surface area (Å²) < 4.78 is 29.6. The van der Waals surface area contributed by atoms with Gasteiger partial charge in [-0.2, -0.15) is 8.42 Å². The Morgan fingerprint density at radius 1 is 1.10 bits per heavy atom. The van der Waals surface area contributed by atoms with Crippen LogP contribution in [-0.2, 0) is 14.3 Å². The highest BCUT2D eigenvalue weighted by Gasteiger charge is 2.37. The van der Waals surface area contributed by atoms with Crippen molar-refractivity contribution in [3.63, 3.8) is 0 Å². The molecule has 0 aromatic rings. The highest BCUT2D eigenvalue weighted by Crippen LogP contribution is 2.31. The largest absolute Gasteiger partial charge is 0.270 e. The molecule has 2 fully saturated rings.